The topological polar surface area (TPSA) is 42.4 Å². The molecule has 0 atom stereocenters. The molecule has 58 heavy (non-hydrogen) atoms. The third-order valence-corrected chi connectivity index (χ3v) is 12.5. The SMILES string of the molecule is c1ccc(-c2nc3c(ccc4oc5ccc(-c6ccc(N(c7ccc(-c8cccc9ccccc89)cc7)c7cccc8sc9ccccc9c78)cc6)cc5c43)o2)cc1. The molecule has 0 N–H and O–H groups in total. The summed E-state index contributed by atoms with van der Waals surface area (Å²) in [6.07, 6.45) is 0. The van der Waals surface area contributed by atoms with Crippen LogP contribution >= 0.6 is 11.3 Å². The fraction of sp³-hybridized carbons (Fsp3) is 0. The number of furan rings is 1. The average Bonchev–Trinajstić information content (AvgIpc) is 4.01. The Bertz CT molecular complexity index is 3500. The van der Waals surface area contributed by atoms with Gasteiger partial charge in [-0.15, -0.1) is 11.3 Å². The predicted molar refractivity (Wildman–Crippen MR) is 243 cm³/mol. The number of hydrogen-bond donors (Lipinski definition) is 0. The minimum Gasteiger partial charge on any atom is -0.456 e. The third kappa shape index (κ3) is 5.25. The van der Waals surface area contributed by atoms with Gasteiger partial charge in [0.05, 0.1) is 11.1 Å². The first-order valence-electron chi connectivity index (χ1n) is 19.4. The van der Waals surface area contributed by atoms with Crippen molar-refractivity contribution in [2.24, 2.45) is 0 Å². The Morgan fingerprint density at radius 3 is 1.91 bits per heavy atom. The maximum atomic E-state index is 6.34. The highest BCUT2D eigenvalue weighted by Gasteiger charge is 2.20. The number of oxazole rings is 1. The van der Waals surface area contributed by atoms with E-state index in [9.17, 15) is 0 Å². The zero-order chi connectivity index (χ0) is 38.2. The van der Waals surface area contributed by atoms with Gasteiger partial charge < -0.3 is 13.7 Å². The van der Waals surface area contributed by atoms with E-state index in [0.717, 1.165) is 66.8 Å². The lowest BCUT2D eigenvalue weighted by Crippen LogP contribution is -2.10. The highest BCUT2D eigenvalue weighted by atomic mass is 32.1. The van der Waals surface area contributed by atoms with Crippen molar-refractivity contribution in [2.45, 2.75) is 0 Å². The fourth-order valence-electron chi connectivity index (χ4n) is 8.58. The number of benzene rings is 9. The number of hydrogen-bond acceptors (Lipinski definition) is 5. The number of nitrogens with zero attached hydrogens (tertiary/aromatic N) is 2. The molecule has 9 aromatic carbocycles. The van der Waals surface area contributed by atoms with Gasteiger partial charge in [-0.05, 0) is 112 Å². The predicted octanol–water partition coefficient (Wildman–Crippen LogP) is 15.7. The Labute approximate surface area is 337 Å². The summed E-state index contributed by atoms with van der Waals surface area (Å²) >= 11 is 1.84. The van der Waals surface area contributed by atoms with Crippen LogP contribution in [-0.2, 0) is 0 Å². The molecule has 272 valence electrons. The molecule has 0 saturated heterocycles. The van der Waals surface area contributed by atoms with Gasteiger partial charge in [-0.25, -0.2) is 4.98 Å². The Kier molecular flexibility index (Phi) is 7.37. The van der Waals surface area contributed by atoms with Crippen LogP contribution in [0.15, 0.2) is 203 Å². The van der Waals surface area contributed by atoms with Gasteiger partial charge in [0.1, 0.15) is 16.7 Å². The maximum absolute atomic E-state index is 6.34. The van der Waals surface area contributed by atoms with Crippen LogP contribution in [0.5, 0.6) is 0 Å². The van der Waals surface area contributed by atoms with Crippen molar-refractivity contribution < 1.29 is 8.83 Å². The van der Waals surface area contributed by atoms with Crippen LogP contribution in [0.2, 0.25) is 0 Å². The second-order valence-corrected chi connectivity index (χ2v) is 15.8. The molecule has 4 nitrogen and oxygen atoms in total. The Morgan fingerprint density at radius 2 is 1.07 bits per heavy atom. The van der Waals surface area contributed by atoms with E-state index >= 15 is 0 Å². The molecule has 3 aromatic heterocycles. The van der Waals surface area contributed by atoms with Crippen molar-refractivity contribution in [3.8, 4) is 33.7 Å². The van der Waals surface area contributed by atoms with Crippen LogP contribution < -0.4 is 4.90 Å². The third-order valence-electron chi connectivity index (χ3n) is 11.3. The molecule has 0 aliphatic rings. The molecule has 0 aliphatic carbocycles. The van der Waals surface area contributed by atoms with Gasteiger partial charge in [-0.1, -0.05) is 115 Å². The quantitative estimate of drug-likeness (QED) is 0.169. The van der Waals surface area contributed by atoms with Gasteiger partial charge in [0.25, 0.3) is 0 Å². The molecule has 0 spiro atoms. The maximum Gasteiger partial charge on any atom is 0.227 e. The second kappa shape index (κ2) is 13.1. The molecule has 0 bridgehead atoms. The van der Waals surface area contributed by atoms with Crippen molar-refractivity contribution in [1.82, 2.24) is 4.98 Å². The molecule has 0 radical (unpaired) electrons. The van der Waals surface area contributed by atoms with Crippen molar-refractivity contribution in [1.29, 1.82) is 0 Å². The van der Waals surface area contributed by atoms with Gasteiger partial charge in [0.2, 0.25) is 5.89 Å². The molecule has 0 unspecified atom stereocenters. The highest BCUT2D eigenvalue weighted by Crippen LogP contribution is 2.46. The van der Waals surface area contributed by atoms with Crippen LogP contribution in [0.3, 0.4) is 0 Å². The Morgan fingerprint density at radius 1 is 0.414 bits per heavy atom. The van der Waals surface area contributed by atoms with E-state index in [1.165, 1.54) is 42.1 Å². The zero-order valence-electron chi connectivity index (χ0n) is 31.1. The van der Waals surface area contributed by atoms with Crippen LogP contribution in [-0.4, -0.2) is 4.98 Å². The largest absolute Gasteiger partial charge is 0.456 e. The number of rotatable bonds is 6. The molecule has 5 heteroatoms. The van der Waals surface area contributed by atoms with E-state index in [-0.39, 0.29) is 0 Å². The lowest BCUT2D eigenvalue weighted by molar-refractivity contribution is 0.619. The lowest BCUT2D eigenvalue weighted by Gasteiger charge is -2.27. The molecule has 12 aromatic rings. The zero-order valence-corrected chi connectivity index (χ0v) is 31.9. The first-order valence-corrected chi connectivity index (χ1v) is 20.3. The van der Waals surface area contributed by atoms with Gasteiger partial charge >= 0.3 is 0 Å². The van der Waals surface area contributed by atoms with Crippen molar-refractivity contribution in [2.75, 3.05) is 4.90 Å². The van der Waals surface area contributed by atoms with Crippen molar-refractivity contribution in [3.63, 3.8) is 0 Å². The van der Waals surface area contributed by atoms with Crippen LogP contribution in [0.25, 0.3) is 97.7 Å². The summed E-state index contributed by atoms with van der Waals surface area (Å²) in [6, 6.07) is 68.8. The van der Waals surface area contributed by atoms with Gasteiger partial charge in [0, 0.05) is 42.5 Å². The number of thiophene rings is 1. The Hall–Kier alpha value is -7.47. The summed E-state index contributed by atoms with van der Waals surface area (Å²) in [5, 5.41) is 7.00. The molecule has 12 rings (SSSR count). The number of aromatic nitrogens is 1. The highest BCUT2D eigenvalue weighted by molar-refractivity contribution is 7.26. The Balaban J connectivity index is 0.976. The average molecular weight is 761 g/mol. The monoisotopic (exact) mass is 760 g/mol. The second-order valence-electron chi connectivity index (χ2n) is 14.7. The smallest absolute Gasteiger partial charge is 0.227 e. The standard InChI is InChI=1S/C53H32N2O2S/c1-2-11-36(12-3-1)53-54-52-47(57-53)31-30-46-51(52)43-32-37(24-29-45(43)56-46)33-20-25-38(26-21-33)55(44-17-9-19-49-50(44)42-15-6-7-18-48(42)58-49)39-27-22-35(23-28-39)41-16-8-13-34-10-4-5-14-40(34)41/h1-32H. The van der Waals surface area contributed by atoms with E-state index in [1.54, 1.807) is 0 Å². The van der Waals surface area contributed by atoms with E-state index < -0.39 is 0 Å². The van der Waals surface area contributed by atoms with E-state index in [0.29, 0.717) is 5.89 Å². The summed E-state index contributed by atoms with van der Waals surface area (Å²) in [4.78, 5) is 7.36. The summed E-state index contributed by atoms with van der Waals surface area (Å²) in [6.45, 7) is 0. The van der Waals surface area contributed by atoms with E-state index in [1.807, 2.05) is 53.8 Å². The minimum absolute atomic E-state index is 0.600. The fourth-order valence-corrected chi connectivity index (χ4v) is 9.70. The molecule has 0 aliphatic heterocycles. The summed E-state index contributed by atoms with van der Waals surface area (Å²) < 4.78 is 15.1. The van der Waals surface area contributed by atoms with Crippen LogP contribution in [0, 0.1) is 0 Å². The summed E-state index contributed by atoms with van der Waals surface area (Å²) in [7, 11) is 0. The molecular weight excluding hydrogens is 729 g/mol. The molecule has 0 fully saturated rings. The van der Waals surface area contributed by atoms with Gasteiger partial charge in [-0.3, -0.25) is 0 Å². The number of fused-ring (bicyclic) bond motifs is 9. The lowest BCUT2D eigenvalue weighted by atomic mass is 9.98. The van der Waals surface area contributed by atoms with Crippen molar-refractivity contribution in [3.05, 3.63) is 194 Å². The van der Waals surface area contributed by atoms with Crippen LogP contribution in [0.1, 0.15) is 0 Å². The summed E-state index contributed by atoms with van der Waals surface area (Å²) in [5.74, 6) is 0.600. The minimum atomic E-state index is 0.600. The molecular formula is C53H32N2O2S. The first-order chi connectivity index (χ1) is 28.7. The van der Waals surface area contributed by atoms with Crippen molar-refractivity contribution >= 4 is 92.4 Å². The molecule has 3 heterocycles. The normalized spacial score (nSPS) is 11.8. The summed E-state index contributed by atoms with van der Waals surface area (Å²) in [5.41, 5.74) is 12.1. The molecule has 0 amide bonds. The van der Waals surface area contributed by atoms with Gasteiger partial charge in [-0.2, -0.15) is 0 Å². The van der Waals surface area contributed by atoms with E-state index in [4.69, 9.17) is 13.8 Å². The first kappa shape index (κ1) is 32.7. The van der Waals surface area contributed by atoms with E-state index in [2.05, 4.69) is 157 Å². The number of anilines is 3. The van der Waals surface area contributed by atoms with Crippen LogP contribution in [0.4, 0.5) is 17.1 Å². The molecule has 0 saturated carbocycles. The van der Waals surface area contributed by atoms with Gasteiger partial charge in [0.15, 0.2) is 5.58 Å².